The molecule has 7 heteroatoms. The molecule has 146 valence electrons. The SMILES string of the molecule is CCn1nnc2cc(C(=O)NCC(c3ccccc3)N3CCOCC3)ccc21. The maximum absolute atomic E-state index is 12.8. The highest BCUT2D eigenvalue weighted by Gasteiger charge is 2.23. The molecule has 1 N–H and O–H groups in total. The summed E-state index contributed by atoms with van der Waals surface area (Å²) in [5.74, 6) is -0.0952. The van der Waals surface area contributed by atoms with Gasteiger partial charge in [0.2, 0.25) is 0 Å². The number of nitrogens with one attached hydrogen (secondary N) is 1. The van der Waals surface area contributed by atoms with Gasteiger partial charge in [0, 0.05) is 31.7 Å². The number of rotatable bonds is 6. The fourth-order valence-corrected chi connectivity index (χ4v) is 3.66. The van der Waals surface area contributed by atoms with Crippen molar-refractivity contribution < 1.29 is 9.53 Å². The van der Waals surface area contributed by atoms with Crippen molar-refractivity contribution in [1.82, 2.24) is 25.2 Å². The lowest BCUT2D eigenvalue weighted by atomic mass is 10.0. The highest BCUT2D eigenvalue weighted by atomic mass is 16.5. The summed E-state index contributed by atoms with van der Waals surface area (Å²) in [4.78, 5) is 15.1. The maximum Gasteiger partial charge on any atom is 0.251 e. The van der Waals surface area contributed by atoms with E-state index in [2.05, 4.69) is 32.7 Å². The van der Waals surface area contributed by atoms with Gasteiger partial charge in [0.25, 0.3) is 5.91 Å². The molecule has 2 heterocycles. The molecule has 0 saturated carbocycles. The van der Waals surface area contributed by atoms with Gasteiger partial charge in [-0.05, 0) is 30.7 Å². The van der Waals surface area contributed by atoms with Gasteiger partial charge in [-0.3, -0.25) is 9.69 Å². The first-order chi connectivity index (χ1) is 13.8. The van der Waals surface area contributed by atoms with Crippen LogP contribution in [0.1, 0.15) is 28.9 Å². The zero-order chi connectivity index (χ0) is 19.3. The van der Waals surface area contributed by atoms with Crippen LogP contribution in [0, 0.1) is 0 Å². The molecule has 0 aliphatic carbocycles. The van der Waals surface area contributed by atoms with Crippen LogP contribution in [0.2, 0.25) is 0 Å². The van der Waals surface area contributed by atoms with E-state index in [0.717, 1.165) is 43.9 Å². The second kappa shape index (κ2) is 8.50. The minimum Gasteiger partial charge on any atom is -0.379 e. The highest BCUT2D eigenvalue weighted by Crippen LogP contribution is 2.21. The van der Waals surface area contributed by atoms with E-state index in [4.69, 9.17) is 4.74 Å². The standard InChI is InChI=1S/C21H25N5O2/c1-2-26-19-9-8-17(14-18(19)23-24-26)21(27)22-15-20(16-6-4-3-5-7-16)25-10-12-28-13-11-25/h3-9,14,20H,2,10-13,15H2,1H3,(H,22,27). The van der Waals surface area contributed by atoms with Crippen molar-refractivity contribution in [2.24, 2.45) is 0 Å². The molecule has 2 aromatic carbocycles. The van der Waals surface area contributed by atoms with Crippen molar-refractivity contribution in [2.75, 3.05) is 32.8 Å². The Labute approximate surface area is 164 Å². The van der Waals surface area contributed by atoms with Crippen molar-refractivity contribution in [1.29, 1.82) is 0 Å². The lowest BCUT2D eigenvalue weighted by molar-refractivity contribution is 0.0162. The Kier molecular flexibility index (Phi) is 5.64. The monoisotopic (exact) mass is 379 g/mol. The zero-order valence-electron chi connectivity index (χ0n) is 16.0. The molecular weight excluding hydrogens is 354 g/mol. The number of carbonyl (C=O) groups excluding carboxylic acids is 1. The molecule has 1 amide bonds. The van der Waals surface area contributed by atoms with Gasteiger partial charge in [-0.1, -0.05) is 35.5 Å². The Balaban J connectivity index is 1.49. The van der Waals surface area contributed by atoms with Crippen molar-refractivity contribution in [3.63, 3.8) is 0 Å². The van der Waals surface area contributed by atoms with Crippen LogP contribution in [-0.4, -0.2) is 58.6 Å². The third-order valence-corrected chi connectivity index (χ3v) is 5.20. The molecule has 1 atom stereocenters. The summed E-state index contributed by atoms with van der Waals surface area (Å²) in [6, 6.07) is 16.0. The zero-order valence-corrected chi connectivity index (χ0v) is 16.0. The number of morpholine rings is 1. The van der Waals surface area contributed by atoms with Gasteiger partial charge in [0.15, 0.2) is 0 Å². The van der Waals surface area contributed by atoms with E-state index in [9.17, 15) is 4.79 Å². The fourth-order valence-electron chi connectivity index (χ4n) is 3.66. The van der Waals surface area contributed by atoms with E-state index in [0.29, 0.717) is 12.1 Å². The van der Waals surface area contributed by atoms with Crippen LogP contribution in [0.15, 0.2) is 48.5 Å². The second-order valence-corrected chi connectivity index (χ2v) is 6.89. The molecule has 1 aromatic heterocycles. The topological polar surface area (TPSA) is 72.3 Å². The lowest BCUT2D eigenvalue weighted by Gasteiger charge is -2.35. The minimum absolute atomic E-state index is 0.0952. The third-order valence-electron chi connectivity index (χ3n) is 5.20. The van der Waals surface area contributed by atoms with E-state index in [1.54, 1.807) is 6.07 Å². The Morgan fingerprint density at radius 3 is 2.71 bits per heavy atom. The van der Waals surface area contributed by atoms with Crippen LogP contribution >= 0.6 is 0 Å². The Bertz CT molecular complexity index is 934. The number of carbonyl (C=O) groups is 1. The second-order valence-electron chi connectivity index (χ2n) is 6.89. The minimum atomic E-state index is -0.0952. The molecule has 28 heavy (non-hydrogen) atoms. The smallest absolute Gasteiger partial charge is 0.251 e. The summed E-state index contributed by atoms with van der Waals surface area (Å²) < 4.78 is 7.31. The number of nitrogens with zero attached hydrogens (tertiary/aromatic N) is 4. The van der Waals surface area contributed by atoms with Crippen LogP contribution < -0.4 is 5.32 Å². The first kappa shape index (κ1) is 18.6. The van der Waals surface area contributed by atoms with E-state index in [1.165, 1.54) is 5.56 Å². The van der Waals surface area contributed by atoms with Gasteiger partial charge < -0.3 is 10.1 Å². The molecule has 0 bridgehead atoms. The van der Waals surface area contributed by atoms with Crippen LogP contribution in [-0.2, 0) is 11.3 Å². The normalized spacial score (nSPS) is 16.2. The number of ether oxygens (including phenoxy) is 1. The van der Waals surface area contributed by atoms with Gasteiger partial charge in [0.1, 0.15) is 5.52 Å². The van der Waals surface area contributed by atoms with E-state index in [-0.39, 0.29) is 11.9 Å². The van der Waals surface area contributed by atoms with Crippen molar-refractivity contribution in [2.45, 2.75) is 19.5 Å². The summed E-state index contributed by atoms with van der Waals surface area (Å²) in [5, 5.41) is 11.4. The van der Waals surface area contributed by atoms with E-state index >= 15 is 0 Å². The summed E-state index contributed by atoms with van der Waals surface area (Å²) >= 11 is 0. The highest BCUT2D eigenvalue weighted by molar-refractivity contribution is 5.97. The largest absolute Gasteiger partial charge is 0.379 e. The van der Waals surface area contributed by atoms with E-state index in [1.807, 2.05) is 41.9 Å². The molecule has 1 unspecified atom stereocenters. The van der Waals surface area contributed by atoms with Crippen LogP contribution in [0.3, 0.4) is 0 Å². The number of hydrogen-bond donors (Lipinski definition) is 1. The van der Waals surface area contributed by atoms with Gasteiger partial charge in [-0.15, -0.1) is 5.10 Å². The maximum atomic E-state index is 12.8. The Morgan fingerprint density at radius 2 is 1.96 bits per heavy atom. The molecule has 1 aliphatic heterocycles. The van der Waals surface area contributed by atoms with Gasteiger partial charge in [0.05, 0.1) is 24.8 Å². The summed E-state index contributed by atoms with van der Waals surface area (Å²) in [6.45, 7) is 6.48. The van der Waals surface area contributed by atoms with Crippen molar-refractivity contribution in [3.05, 3.63) is 59.7 Å². The van der Waals surface area contributed by atoms with Gasteiger partial charge >= 0.3 is 0 Å². The number of benzene rings is 2. The predicted octanol–water partition coefficient (Wildman–Crippen LogP) is 2.25. The average molecular weight is 379 g/mol. The molecule has 1 aliphatic rings. The predicted molar refractivity (Wildman–Crippen MR) is 107 cm³/mol. The van der Waals surface area contributed by atoms with Crippen LogP contribution in [0.5, 0.6) is 0 Å². The summed E-state index contributed by atoms with van der Waals surface area (Å²) in [5.41, 5.74) is 3.48. The Hall–Kier alpha value is -2.77. The van der Waals surface area contributed by atoms with Crippen molar-refractivity contribution in [3.8, 4) is 0 Å². The fraction of sp³-hybridized carbons (Fsp3) is 0.381. The quantitative estimate of drug-likeness (QED) is 0.711. The van der Waals surface area contributed by atoms with Crippen molar-refractivity contribution >= 4 is 16.9 Å². The molecule has 3 aromatic rings. The molecule has 1 fully saturated rings. The number of hydrogen-bond acceptors (Lipinski definition) is 5. The Morgan fingerprint density at radius 1 is 1.18 bits per heavy atom. The third kappa shape index (κ3) is 3.90. The first-order valence-electron chi connectivity index (χ1n) is 9.74. The van der Waals surface area contributed by atoms with Gasteiger partial charge in [-0.2, -0.15) is 0 Å². The number of aromatic nitrogens is 3. The summed E-state index contributed by atoms with van der Waals surface area (Å²) in [6.07, 6.45) is 0. The molecule has 0 radical (unpaired) electrons. The summed E-state index contributed by atoms with van der Waals surface area (Å²) in [7, 11) is 0. The lowest BCUT2D eigenvalue weighted by Crippen LogP contribution is -2.43. The molecule has 0 spiro atoms. The van der Waals surface area contributed by atoms with Gasteiger partial charge in [-0.25, -0.2) is 4.68 Å². The number of aryl methyl sites for hydroxylation is 1. The van der Waals surface area contributed by atoms with Crippen LogP contribution in [0.4, 0.5) is 0 Å². The molecule has 1 saturated heterocycles. The van der Waals surface area contributed by atoms with Crippen LogP contribution in [0.25, 0.3) is 11.0 Å². The molecular formula is C21H25N5O2. The number of fused-ring (bicyclic) bond motifs is 1. The molecule has 4 rings (SSSR count). The average Bonchev–Trinajstić information content (AvgIpc) is 3.17. The first-order valence-corrected chi connectivity index (χ1v) is 9.74. The number of amides is 1. The molecule has 7 nitrogen and oxygen atoms in total. The van der Waals surface area contributed by atoms with E-state index < -0.39 is 0 Å².